The molecule has 74 valence electrons. The average molecular weight is 191 g/mol. The molecule has 0 aliphatic carbocycles. The summed E-state index contributed by atoms with van der Waals surface area (Å²) in [4.78, 5) is 9.38. The molecule has 0 bridgehead atoms. The Balaban J connectivity index is 2.82. The van der Waals surface area contributed by atoms with E-state index in [4.69, 9.17) is 10.2 Å². The highest BCUT2D eigenvalue weighted by atomic mass is 16.6. The Hall–Kier alpha value is -1.18. The Morgan fingerprint density at radius 2 is 2.23 bits per heavy atom. The zero-order valence-electron chi connectivity index (χ0n) is 6.53. The quantitative estimate of drug-likeness (QED) is 0.351. The number of rotatable bonds is 2. The van der Waals surface area contributed by atoms with Crippen LogP contribution in [0.25, 0.3) is 0 Å². The van der Waals surface area contributed by atoms with Gasteiger partial charge >= 0.3 is 5.70 Å². The van der Waals surface area contributed by atoms with Gasteiger partial charge in [-0.2, -0.15) is 0 Å². The van der Waals surface area contributed by atoms with Gasteiger partial charge in [-0.1, -0.05) is 0 Å². The maximum absolute atomic E-state index is 10.2. The van der Waals surface area contributed by atoms with Crippen LogP contribution in [0.1, 0.15) is 0 Å². The molecule has 0 amide bonds. The molecule has 1 aliphatic rings. The maximum Gasteiger partial charge on any atom is 0.311 e. The highest BCUT2D eigenvalue weighted by Gasteiger charge is 2.39. The third-order valence-corrected chi connectivity index (χ3v) is 1.76. The Kier molecular flexibility index (Phi) is 2.81. The van der Waals surface area contributed by atoms with Crippen LogP contribution in [0.5, 0.6) is 0 Å². The van der Waals surface area contributed by atoms with Crippen LogP contribution in [0, 0.1) is 10.1 Å². The predicted octanol–water partition coefficient (Wildman–Crippen LogP) is -1.78. The fourth-order valence-corrected chi connectivity index (χ4v) is 0.988. The summed E-state index contributed by atoms with van der Waals surface area (Å²) in [5, 5.41) is 37.2. The Morgan fingerprint density at radius 3 is 2.69 bits per heavy atom. The average Bonchev–Trinajstić information content (AvgIpc) is 2.09. The van der Waals surface area contributed by atoms with E-state index < -0.39 is 35.5 Å². The number of hydrogen-bond acceptors (Lipinski definition) is 6. The molecule has 7 nitrogen and oxygen atoms in total. The van der Waals surface area contributed by atoms with Crippen molar-refractivity contribution >= 4 is 0 Å². The first-order valence-corrected chi connectivity index (χ1v) is 3.55. The lowest BCUT2D eigenvalue weighted by atomic mass is 10.0. The van der Waals surface area contributed by atoms with Crippen molar-refractivity contribution in [2.45, 2.75) is 18.3 Å². The summed E-state index contributed by atoms with van der Waals surface area (Å²) in [5.41, 5.74) is -0.614. The van der Waals surface area contributed by atoms with Crippen LogP contribution in [0.15, 0.2) is 12.0 Å². The topological polar surface area (TPSA) is 113 Å². The lowest BCUT2D eigenvalue weighted by molar-refractivity contribution is -0.444. The fourth-order valence-electron chi connectivity index (χ4n) is 0.988. The van der Waals surface area contributed by atoms with Gasteiger partial charge in [-0.15, -0.1) is 0 Å². The standard InChI is InChI=1S/C6H9NO6/c8-1-4-6(10)5(9)3(2-13-4)7(11)12/h2,4-6,8-10H,1H2/t4-,5-,6+/m1/s1. The molecule has 3 atom stereocenters. The van der Waals surface area contributed by atoms with E-state index in [0.717, 1.165) is 6.26 Å². The number of aliphatic hydroxyl groups excluding tert-OH is 3. The molecular weight excluding hydrogens is 182 g/mol. The van der Waals surface area contributed by atoms with Crippen LogP contribution in [0.4, 0.5) is 0 Å². The monoisotopic (exact) mass is 191 g/mol. The molecule has 0 radical (unpaired) electrons. The second-order valence-electron chi connectivity index (χ2n) is 2.59. The van der Waals surface area contributed by atoms with Gasteiger partial charge in [0.15, 0.2) is 12.4 Å². The SMILES string of the molecule is O=[N+]([O-])C1=CO[C@H](CO)[C@H](O)[C@@H]1O. The number of nitro groups is 1. The van der Waals surface area contributed by atoms with Gasteiger partial charge in [-0.05, 0) is 0 Å². The third kappa shape index (κ3) is 1.77. The van der Waals surface area contributed by atoms with E-state index >= 15 is 0 Å². The normalized spacial score (nSPS) is 33.5. The van der Waals surface area contributed by atoms with Crippen LogP contribution in [0.2, 0.25) is 0 Å². The van der Waals surface area contributed by atoms with Crippen LogP contribution in [0.3, 0.4) is 0 Å². The second-order valence-corrected chi connectivity index (χ2v) is 2.59. The summed E-state index contributed by atoms with van der Waals surface area (Å²) in [6.07, 6.45) is -3.38. The van der Waals surface area contributed by atoms with Crippen molar-refractivity contribution in [2.24, 2.45) is 0 Å². The maximum atomic E-state index is 10.2. The van der Waals surface area contributed by atoms with Crippen molar-refractivity contribution in [3.8, 4) is 0 Å². The zero-order chi connectivity index (χ0) is 10.0. The van der Waals surface area contributed by atoms with Crippen molar-refractivity contribution in [2.75, 3.05) is 6.61 Å². The minimum absolute atomic E-state index is 0.514. The van der Waals surface area contributed by atoms with Gasteiger partial charge in [-0.25, -0.2) is 0 Å². The first-order valence-electron chi connectivity index (χ1n) is 3.55. The molecule has 0 saturated carbocycles. The summed E-state index contributed by atoms with van der Waals surface area (Å²) >= 11 is 0. The van der Waals surface area contributed by atoms with Crippen molar-refractivity contribution in [3.63, 3.8) is 0 Å². The van der Waals surface area contributed by atoms with Gasteiger partial charge in [0.1, 0.15) is 12.2 Å². The molecule has 0 aromatic rings. The lowest BCUT2D eigenvalue weighted by Crippen LogP contribution is -2.45. The highest BCUT2D eigenvalue weighted by molar-refractivity contribution is 5.04. The Labute approximate surface area is 73.0 Å². The molecule has 0 fully saturated rings. The van der Waals surface area contributed by atoms with E-state index in [0.29, 0.717) is 0 Å². The van der Waals surface area contributed by atoms with E-state index in [1.807, 2.05) is 0 Å². The first-order chi connectivity index (χ1) is 6.07. The summed E-state index contributed by atoms with van der Waals surface area (Å²) in [6, 6.07) is 0. The van der Waals surface area contributed by atoms with Gasteiger partial charge in [0.2, 0.25) is 0 Å². The molecule has 3 N–H and O–H groups in total. The Bertz CT molecular complexity index is 239. The first kappa shape index (κ1) is 9.90. The van der Waals surface area contributed by atoms with Crippen molar-refractivity contribution in [1.29, 1.82) is 0 Å². The van der Waals surface area contributed by atoms with Crippen LogP contribution in [-0.4, -0.2) is 45.2 Å². The van der Waals surface area contributed by atoms with E-state index in [2.05, 4.69) is 4.74 Å². The molecule has 0 saturated heterocycles. The molecule has 0 aromatic heterocycles. The molecule has 7 heteroatoms. The number of ether oxygens (including phenoxy) is 1. The van der Waals surface area contributed by atoms with E-state index in [1.165, 1.54) is 0 Å². The molecule has 0 spiro atoms. The third-order valence-electron chi connectivity index (χ3n) is 1.76. The van der Waals surface area contributed by atoms with Crippen molar-refractivity contribution in [3.05, 3.63) is 22.1 Å². The second kappa shape index (κ2) is 3.69. The van der Waals surface area contributed by atoms with Gasteiger partial charge in [0.25, 0.3) is 0 Å². The molecule has 0 aromatic carbocycles. The van der Waals surface area contributed by atoms with Gasteiger partial charge in [-0.3, -0.25) is 10.1 Å². The van der Waals surface area contributed by atoms with Crippen LogP contribution >= 0.6 is 0 Å². The van der Waals surface area contributed by atoms with E-state index in [-0.39, 0.29) is 0 Å². The molecule has 1 rings (SSSR count). The molecule has 13 heavy (non-hydrogen) atoms. The number of aliphatic hydroxyl groups is 3. The van der Waals surface area contributed by atoms with Gasteiger partial charge < -0.3 is 20.1 Å². The number of nitrogens with zero attached hydrogens (tertiary/aromatic N) is 1. The van der Waals surface area contributed by atoms with Crippen LogP contribution < -0.4 is 0 Å². The van der Waals surface area contributed by atoms with Gasteiger partial charge in [0, 0.05) is 0 Å². The molecular formula is C6H9NO6. The van der Waals surface area contributed by atoms with Gasteiger partial charge in [0.05, 0.1) is 11.5 Å². The Morgan fingerprint density at radius 1 is 1.62 bits per heavy atom. The summed E-state index contributed by atoms with van der Waals surface area (Å²) in [5.74, 6) is 0. The molecule has 1 aliphatic heterocycles. The summed E-state index contributed by atoms with van der Waals surface area (Å²) in [7, 11) is 0. The van der Waals surface area contributed by atoms with E-state index in [9.17, 15) is 15.2 Å². The zero-order valence-corrected chi connectivity index (χ0v) is 6.53. The highest BCUT2D eigenvalue weighted by Crippen LogP contribution is 2.18. The van der Waals surface area contributed by atoms with Crippen molar-refractivity contribution < 1.29 is 25.0 Å². The smallest absolute Gasteiger partial charge is 0.311 e. The summed E-state index contributed by atoms with van der Waals surface area (Å²) in [6.45, 7) is -0.514. The fraction of sp³-hybridized carbons (Fsp3) is 0.667. The predicted molar refractivity (Wildman–Crippen MR) is 39.0 cm³/mol. The molecule has 1 heterocycles. The largest absolute Gasteiger partial charge is 0.486 e. The van der Waals surface area contributed by atoms with E-state index in [1.54, 1.807) is 0 Å². The lowest BCUT2D eigenvalue weighted by Gasteiger charge is -2.26. The summed E-state index contributed by atoms with van der Waals surface area (Å²) < 4.78 is 4.62. The van der Waals surface area contributed by atoms with Crippen LogP contribution in [-0.2, 0) is 4.74 Å². The molecule has 0 unspecified atom stereocenters. The van der Waals surface area contributed by atoms with Crippen molar-refractivity contribution in [1.82, 2.24) is 0 Å². The minimum Gasteiger partial charge on any atom is -0.486 e. The minimum atomic E-state index is -1.62. The number of hydrogen-bond donors (Lipinski definition) is 3.